The maximum Gasteiger partial charge on any atom is 0.337 e. The fraction of sp³-hybridized carbons (Fsp3) is 0.500. The zero-order valence-electron chi connectivity index (χ0n) is 24.9. The minimum absolute atomic E-state index is 0.0135. The monoisotopic (exact) mass is 597 g/mol. The lowest BCUT2D eigenvalue weighted by molar-refractivity contribution is -0.121. The molecule has 1 fully saturated rings. The molecule has 42 heavy (non-hydrogen) atoms. The Morgan fingerprint density at radius 1 is 1.02 bits per heavy atom. The fourth-order valence-electron chi connectivity index (χ4n) is 6.00. The summed E-state index contributed by atoms with van der Waals surface area (Å²) in [5, 5.41) is 6.24. The lowest BCUT2D eigenvalue weighted by Crippen LogP contribution is -2.33. The van der Waals surface area contributed by atoms with Gasteiger partial charge in [0.1, 0.15) is 12.4 Å². The summed E-state index contributed by atoms with van der Waals surface area (Å²) in [5.74, 6) is 0.726. The molecule has 2 N–H and O–H groups in total. The number of benzene rings is 2. The van der Waals surface area contributed by atoms with Crippen molar-refractivity contribution in [1.82, 2.24) is 8.87 Å². The lowest BCUT2D eigenvalue weighted by atomic mass is 9.81. The molecule has 10 heteroatoms. The molecule has 1 saturated carbocycles. The number of ether oxygens (including phenoxy) is 2. The first-order valence-electron chi connectivity index (χ1n) is 14.8. The van der Waals surface area contributed by atoms with Crippen LogP contribution in [0.2, 0.25) is 0 Å². The number of carbonyl (C=O) groups excluding carboxylic acids is 2. The standard InChI is InChI=1S/C32H43N3O6S/c1-34(42(33,38)39)20-12-5-4-9-15-25(36)22-41-29-17-11-10-16-27(29)31-30(23-13-7-6-8-14-23)26-19-18-24(32(37)40-3)21-28(26)35(31)2/h10-11,16-19,21,23H,4-9,12-15,20,22H2,1-3H3,(H2,33,38,39). The number of unbranched alkanes of at least 4 members (excludes halogenated alkanes) is 3. The highest BCUT2D eigenvalue weighted by atomic mass is 32.2. The van der Waals surface area contributed by atoms with E-state index in [0.29, 0.717) is 36.6 Å². The van der Waals surface area contributed by atoms with Gasteiger partial charge in [-0.1, -0.05) is 50.3 Å². The zero-order chi connectivity index (χ0) is 30.3. The molecule has 0 atom stereocenters. The first-order chi connectivity index (χ1) is 20.1. The second-order valence-corrected chi connectivity index (χ2v) is 12.9. The quantitative estimate of drug-likeness (QED) is 0.188. The van der Waals surface area contributed by atoms with Gasteiger partial charge in [0.15, 0.2) is 5.78 Å². The molecule has 2 aromatic carbocycles. The number of aryl methyl sites for hydroxylation is 1. The number of nitrogens with zero attached hydrogens (tertiary/aromatic N) is 2. The maximum absolute atomic E-state index is 12.7. The molecule has 0 spiro atoms. The highest BCUT2D eigenvalue weighted by Gasteiger charge is 2.27. The molecule has 1 aliphatic rings. The molecule has 3 aromatic rings. The first kappa shape index (κ1) is 31.7. The molecule has 9 nitrogen and oxygen atoms in total. The molecular formula is C32H43N3O6S. The fourth-order valence-corrected chi connectivity index (χ4v) is 6.38. The second-order valence-electron chi connectivity index (χ2n) is 11.2. The molecule has 0 unspecified atom stereocenters. The molecule has 4 rings (SSSR count). The number of hydrogen-bond acceptors (Lipinski definition) is 6. The van der Waals surface area contributed by atoms with E-state index in [1.807, 2.05) is 49.5 Å². The van der Waals surface area contributed by atoms with Gasteiger partial charge in [-0.2, -0.15) is 12.7 Å². The molecular weight excluding hydrogens is 554 g/mol. The predicted octanol–water partition coefficient (Wildman–Crippen LogP) is 5.71. The van der Waals surface area contributed by atoms with Gasteiger partial charge in [-0.05, 0) is 61.4 Å². The number of nitrogens with two attached hydrogens (primary N) is 1. The van der Waals surface area contributed by atoms with Crippen LogP contribution in [0.1, 0.15) is 86.0 Å². The number of fused-ring (bicyclic) bond motifs is 1. The Kier molecular flexibility index (Phi) is 10.8. The van der Waals surface area contributed by atoms with Crippen molar-refractivity contribution in [2.75, 3.05) is 27.3 Å². The average molecular weight is 598 g/mol. The number of para-hydroxylation sites is 1. The smallest absolute Gasteiger partial charge is 0.337 e. The zero-order valence-corrected chi connectivity index (χ0v) is 25.8. The van der Waals surface area contributed by atoms with Gasteiger partial charge in [-0.15, -0.1) is 0 Å². The highest BCUT2D eigenvalue weighted by Crippen LogP contribution is 2.45. The van der Waals surface area contributed by atoms with Crippen LogP contribution in [0.5, 0.6) is 5.75 Å². The van der Waals surface area contributed by atoms with Crippen LogP contribution in [0.15, 0.2) is 42.5 Å². The van der Waals surface area contributed by atoms with Gasteiger partial charge in [0.2, 0.25) is 0 Å². The van der Waals surface area contributed by atoms with E-state index in [-0.39, 0.29) is 18.4 Å². The van der Waals surface area contributed by atoms with Crippen LogP contribution in [0.3, 0.4) is 0 Å². The molecule has 1 heterocycles. The Morgan fingerprint density at radius 2 is 1.74 bits per heavy atom. The van der Waals surface area contributed by atoms with Crippen molar-refractivity contribution in [2.45, 2.75) is 70.1 Å². The van der Waals surface area contributed by atoms with E-state index in [4.69, 9.17) is 14.6 Å². The van der Waals surface area contributed by atoms with Crippen LogP contribution in [-0.2, 0) is 26.8 Å². The van der Waals surface area contributed by atoms with Gasteiger partial charge in [0.05, 0.1) is 18.4 Å². The average Bonchev–Trinajstić information content (AvgIpc) is 3.28. The minimum Gasteiger partial charge on any atom is -0.485 e. The largest absolute Gasteiger partial charge is 0.485 e. The van der Waals surface area contributed by atoms with E-state index < -0.39 is 10.2 Å². The predicted molar refractivity (Wildman–Crippen MR) is 165 cm³/mol. The first-order valence-corrected chi connectivity index (χ1v) is 16.3. The molecule has 1 aliphatic carbocycles. The second kappa shape index (κ2) is 14.3. The topological polar surface area (TPSA) is 121 Å². The summed E-state index contributed by atoms with van der Waals surface area (Å²) in [6.07, 6.45) is 9.33. The third kappa shape index (κ3) is 7.59. The van der Waals surface area contributed by atoms with Gasteiger partial charge >= 0.3 is 5.97 Å². The number of carbonyl (C=O) groups is 2. The van der Waals surface area contributed by atoms with Gasteiger partial charge in [0, 0.05) is 43.5 Å². The molecule has 0 aliphatic heterocycles. The molecule has 0 saturated heterocycles. The molecule has 0 amide bonds. The normalized spacial score (nSPS) is 14.4. The number of rotatable bonds is 14. The Morgan fingerprint density at radius 3 is 2.45 bits per heavy atom. The summed E-state index contributed by atoms with van der Waals surface area (Å²) in [6, 6.07) is 13.6. The van der Waals surface area contributed by atoms with Crippen molar-refractivity contribution in [3.63, 3.8) is 0 Å². The number of aromatic nitrogens is 1. The maximum atomic E-state index is 12.7. The number of ketones is 1. The third-order valence-electron chi connectivity index (χ3n) is 8.32. The van der Waals surface area contributed by atoms with Crippen LogP contribution in [0.25, 0.3) is 22.2 Å². The molecule has 228 valence electrons. The van der Waals surface area contributed by atoms with Crippen molar-refractivity contribution in [1.29, 1.82) is 0 Å². The van der Waals surface area contributed by atoms with Crippen LogP contribution < -0.4 is 9.88 Å². The summed E-state index contributed by atoms with van der Waals surface area (Å²) >= 11 is 0. The van der Waals surface area contributed by atoms with E-state index in [9.17, 15) is 18.0 Å². The Bertz CT molecular complexity index is 1510. The van der Waals surface area contributed by atoms with E-state index in [1.54, 1.807) is 0 Å². The van der Waals surface area contributed by atoms with Crippen molar-refractivity contribution >= 4 is 32.9 Å². The Balaban J connectivity index is 1.50. The molecule has 0 bridgehead atoms. The molecule has 1 aromatic heterocycles. The van der Waals surface area contributed by atoms with E-state index in [1.165, 1.54) is 39.0 Å². The highest BCUT2D eigenvalue weighted by molar-refractivity contribution is 7.86. The van der Waals surface area contributed by atoms with Crippen molar-refractivity contribution in [2.24, 2.45) is 12.2 Å². The summed E-state index contributed by atoms with van der Waals surface area (Å²) in [5.41, 5.74) is 4.75. The minimum atomic E-state index is -3.65. The Hall–Kier alpha value is -3.21. The van der Waals surface area contributed by atoms with Crippen LogP contribution >= 0.6 is 0 Å². The SMILES string of the molecule is COC(=O)c1ccc2c(C3CCCCC3)c(-c3ccccc3OCC(=O)CCCCCCN(C)S(N)(=O)=O)n(C)c2c1. The van der Waals surface area contributed by atoms with Gasteiger partial charge in [0.25, 0.3) is 10.2 Å². The Labute approximate surface area is 249 Å². The van der Waals surface area contributed by atoms with Gasteiger partial charge in [-0.25, -0.2) is 9.93 Å². The van der Waals surface area contributed by atoms with Gasteiger partial charge in [-0.3, -0.25) is 4.79 Å². The van der Waals surface area contributed by atoms with Crippen LogP contribution in [0.4, 0.5) is 0 Å². The van der Waals surface area contributed by atoms with Crippen molar-refractivity contribution < 1.29 is 27.5 Å². The van der Waals surface area contributed by atoms with E-state index in [0.717, 1.165) is 58.6 Å². The summed E-state index contributed by atoms with van der Waals surface area (Å²) in [6.45, 7) is 0.355. The summed E-state index contributed by atoms with van der Waals surface area (Å²) in [7, 11) is 1.22. The lowest BCUT2D eigenvalue weighted by Gasteiger charge is -2.24. The van der Waals surface area contributed by atoms with E-state index in [2.05, 4.69) is 4.57 Å². The van der Waals surface area contributed by atoms with Gasteiger partial charge < -0.3 is 14.0 Å². The van der Waals surface area contributed by atoms with Crippen molar-refractivity contribution in [3.05, 3.63) is 53.6 Å². The van der Waals surface area contributed by atoms with Crippen molar-refractivity contribution in [3.8, 4) is 17.0 Å². The number of methoxy groups -OCH3 is 1. The number of esters is 1. The van der Waals surface area contributed by atoms with Crippen LogP contribution in [0, 0.1) is 0 Å². The third-order valence-corrected chi connectivity index (χ3v) is 9.37. The molecule has 0 radical (unpaired) electrons. The number of Topliss-reactive ketones (excluding diaryl/α,β-unsaturated/α-hetero) is 1. The number of hydrogen-bond donors (Lipinski definition) is 1. The summed E-state index contributed by atoms with van der Waals surface area (Å²) in [4.78, 5) is 25.0. The summed E-state index contributed by atoms with van der Waals surface area (Å²) < 4.78 is 37.0. The van der Waals surface area contributed by atoms with Crippen LogP contribution in [-0.4, -0.2) is 56.4 Å². The van der Waals surface area contributed by atoms with E-state index >= 15 is 0 Å².